The molecule has 0 bridgehead atoms. The molecule has 19 heavy (non-hydrogen) atoms. The summed E-state index contributed by atoms with van der Waals surface area (Å²) in [7, 11) is 0. The van der Waals surface area contributed by atoms with E-state index in [4.69, 9.17) is 11.6 Å². The van der Waals surface area contributed by atoms with Crippen LogP contribution >= 0.6 is 34.5 Å². The molecular weight excluding hydrogens is 384 g/mol. The predicted molar refractivity (Wildman–Crippen MR) is 79.7 cm³/mol. The third-order valence-corrected chi connectivity index (χ3v) is 3.50. The van der Waals surface area contributed by atoms with Crippen LogP contribution in [0.1, 0.15) is 5.82 Å². The van der Waals surface area contributed by atoms with Crippen LogP contribution in [0.15, 0.2) is 35.3 Å². The van der Waals surface area contributed by atoms with Gasteiger partial charge in [-0.2, -0.15) is 0 Å². The van der Waals surface area contributed by atoms with Crippen LogP contribution in [-0.4, -0.2) is 16.1 Å². The minimum Gasteiger partial charge on any atom is -0.367 e. The molecule has 3 rings (SSSR count). The number of rotatable bonds is 2. The Hall–Kier alpha value is -1.35. The number of nitrogens with zero attached hydrogens (tertiary/aromatic N) is 2. The Bertz CT molecular complexity index is 628. The molecule has 0 spiro atoms. The lowest BCUT2D eigenvalue weighted by Gasteiger charge is -2.19. The lowest BCUT2D eigenvalue weighted by molar-refractivity contribution is 0.618. The number of anilines is 1. The standard InChI is InChI=1S/C11H8ClFIN5/c12-5-1-6-7(3-16-9(6)15-2-5)10-17-4-8(13)11(18-10)19-14/h1-4,9,15-16H,(H,17,18,19). The first-order valence-electron chi connectivity index (χ1n) is 5.38. The molecule has 0 fully saturated rings. The Morgan fingerprint density at radius 1 is 1.37 bits per heavy atom. The molecule has 0 saturated carbocycles. The van der Waals surface area contributed by atoms with Gasteiger partial charge in [-0.3, -0.25) is 0 Å². The topological polar surface area (TPSA) is 61.9 Å². The van der Waals surface area contributed by atoms with Crippen molar-refractivity contribution < 1.29 is 4.39 Å². The monoisotopic (exact) mass is 391 g/mol. The molecule has 5 nitrogen and oxygen atoms in total. The lowest BCUT2D eigenvalue weighted by atomic mass is 10.0. The third-order valence-electron chi connectivity index (χ3n) is 2.77. The van der Waals surface area contributed by atoms with E-state index in [0.717, 1.165) is 17.3 Å². The van der Waals surface area contributed by atoms with E-state index in [0.29, 0.717) is 10.9 Å². The summed E-state index contributed by atoms with van der Waals surface area (Å²) in [5.41, 5.74) is 1.72. The van der Waals surface area contributed by atoms with Gasteiger partial charge in [-0.05, 0) is 6.08 Å². The van der Waals surface area contributed by atoms with Gasteiger partial charge in [-0.15, -0.1) is 0 Å². The first kappa shape index (κ1) is 12.7. The number of hydrogen-bond acceptors (Lipinski definition) is 5. The number of halogens is 3. The van der Waals surface area contributed by atoms with Crippen molar-refractivity contribution in [2.45, 2.75) is 6.17 Å². The van der Waals surface area contributed by atoms with E-state index in [2.05, 4.69) is 24.1 Å². The van der Waals surface area contributed by atoms with Crippen molar-refractivity contribution in [1.82, 2.24) is 20.6 Å². The van der Waals surface area contributed by atoms with E-state index in [-0.39, 0.29) is 12.0 Å². The van der Waals surface area contributed by atoms with E-state index >= 15 is 0 Å². The zero-order chi connectivity index (χ0) is 13.4. The molecule has 0 aliphatic carbocycles. The van der Waals surface area contributed by atoms with Crippen LogP contribution in [0.25, 0.3) is 5.57 Å². The van der Waals surface area contributed by atoms with Crippen LogP contribution in [0.5, 0.6) is 0 Å². The number of dihydropyridines is 1. The molecule has 2 aliphatic heterocycles. The van der Waals surface area contributed by atoms with Crippen LogP contribution in [0, 0.1) is 5.82 Å². The number of aromatic nitrogens is 2. The van der Waals surface area contributed by atoms with Gasteiger partial charge in [0, 0.05) is 23.5 Å². The van der Waals surface area contributed by atoms with E-state index in [1.54, 1.807) is 12.4 Å². The molecule has 1 aromatic rings. The average Bonchev–Trinajstić information content (AvgIpc) is 2.82. The van der Waals surface area contributed by atoms with Gasteiger partial charge in [0.05, 0.1) is 34.1 Å². The zero-order valence-corrected chi connectivity index (χ0v) is 12.3. The quantitative estimate of drug-likeness (QED) is 0.533. The van der Waals surface area contributed by atoms with Gasteiger partial charge in [0.15, 0.2) is 17.5 Å². The largest absolute Gasteiger partial charge is 0.367 e. The maximum Gasteiger partial charge on any atom is 0.184 e. The maximum atomic E-state index is 13.4. The van der Waals surface area contributed by atoms with Crippen molar-refractivity contribution in [2.24, 2.45) is 0 Å². The number of fused-ring (bicyclic) bond motifs is 1. The van der Waals surface area contributed by atoms with Crippen LogP contribution < -0.4 is 14.2 Å². The van der Waals surface area contributed by atoms with Crippen LogP contribution in [0.4, 0.5) is 10.2 Å². The normalized spacial score (nSPS) is 20.6. The summed E-state index contributed by atoms with van der Waals surface area (Å²) >= 11 is 7.80. The highest BCUT2D eigenvalue weighted by atomic mass is 127. The number of hydrogen-bond donors (Lipinski definition) is 3. The molecule has 2 aliphatic rings. The molecule has 3 heterocycles. The van der Waals surface area contributed by atoms with Crippen molar-refractivity contribution in [3.63, 3.8) is 0 Å². The summed E-state index contributed by atoms with van der Waals surface area (Å²) in [6.07, 6.45) is 6.42. The summed E-state index contributed by atoms with van der Waals surface area (Å²) in [6.45, 7) is 0. The minimum atomic E-state index is -0.491. The second-order valence-electron chi connectivity index (χ2n) is 3.94. The van der Waals surface area contributed by atoms with Crippen molar-refractivity contribution in [1.29, 1.82) is 0 Å². The average molecular weight is 392 g/mol. The first-order valence-corrected chi connectivity index (χ1v) is 6.84. The Kier molecular flexibility index (Phi) is 3.31. The Morgan fingerprint density at radius 3 is 2.95 bits per heavy atom. The summed E-state index contributed by atoms with van der Waals surface area (Å²) in [4.78, 5) is 8.16. The molecule has 1 unspecified atom stereocenters. The molecule has 3 N–H and O–H groups in total. The summed E-state index contributed by atoms with van der Waals surface area (Å²) < 4.78 is 16.0. The molecule has 0 aromatic carbocycles. The fourth-order valence-corrected chi connectivity index (χ4v) is 2.46. The SMILES string of the molecule is Fc1cnc(C2=CNC3NC=C(Cl)C=C23)nc1NI. The van der Waals surface area contributed by atoms with Gasteiger partial charge < -0.3 is 14.2 Å². The Morgan fingerprint density at radius 2 is 2.16 bits per heavy atom. The zero-order valence-electron chi connectivity index (χ0n) is 9.42. The molecule has 0 radical (unpaired) electrons. The van der Waals surface area contributed by atoms with Gasteiger partial charge in [-0.25, -0.2) is 14.4 Å². The minimum absolute atomic E-state index is 0.0536. The van der Waals surface area contributed by atoms with E-state index in [1.165, 1.54) is 0 Å². The molecule has 1 atom stereocenters. The molecule has 0 amide bonds. The Balaban J connectivity index is 2.01. The maximum absolute atomic E-state index is 13.4. The van der Waals surface area contributed by atoms with Gasteiger partial charge >= 0.3 is 0 Å². The molecule has 98 valence electrons. The third kappa shape index (κ3) is 2.27. The number of nitrogens with one attached hydrogen (secondary N) is 3. The van der Waals surface area contributed by atoms with Crippen LogP contribution in [0.3, 0.4) is 0 Å². The second kappa shape index (κ2) is 4.97. The smallest absolute Gasteiger partial charge is 0.184 e. The van der Waals surface area contributed by atoms with E-state index in [1.807, 2.05) is 28.9 Å². The molecule has 1 aromatic heterocycles. The van der Waals surface area contributed by atoms with Gasteiger partial charge in [-0.1, -0.05) is 11.6 Å². The highest BCUT2D eigenvalue weighted by Crippen LogP contribution is 2.31. The van der Waals surface area contributed by atoms with E-state index in [9.17, 15) is 4.39 Å². The van der Waals surface area contributed by atoms with Gasteiger partial charge in [0.2, 0.25) is 0 Å². The van der Waals surface area contributed by atoms with Gasteiger partial charge in [0.1, 0.15) is 6.17 Å². The van der Waals surface area contributed by atoms with Crippen LogP contribution in [-0.2, 0) is 0 Å². The van der Waals surface area contributed by atoms with Crippen molar-refractivity contribution in [3.8, 4) is 0 Å². The predicted octanol–water partition coefficient (Wildman–Crippen LogP) is 2.26. The molecule has 0 saturated heterocycles. The van der Waals surface area contributed by atoms with Crippen LogP contribution in [0.2, 0.25) is 0 Å². The lowest BCUT2D eigenvalue weighted by Crippen LogP contribution is -2.36. The number of allylic oxidation sites excluding steroid dienone is 2. The summed E-state index contributed by atoms with van der Waals surface area (Å²) in [5, 5.41) is 6.83. The molecule has 8 heteroatoms. The van der Waals surface area contributed by atoms with Crippen molar-refractivity contribution in [3.05, 3.63) is 46.9 Å². The summed E-state index contributed by atoms with van der Waals surface area (Å²) in [6, 6.07) is 0. The highest BCUT2D eigenvalue weighted by Gasteiger charge is 2.27. The van der Waals surface area contributed by atoms with Crippen molar-refractivity contribution in [2.75, 3.05) is 3.53 Å². The fourth-order valence-electron chi connectivity index (χ4n) is 1.90. The highest BCUT2D eigenvalue weighted by molar-refractivity contribution is 14.1. The Labute approximate surface area is 127 Å². The first-order chi connectivity index (χ1) is 9.19. The van der Waals surface area contributed by atoms with Crippen molar-refractivity contribution >= 4 is 45.9 Å². The molecular formula is C11H8ClFIN5. The summed E-state index contributed by atoms with van der Waals surface area (Å²) in [5.74, 6) is 0.103. The second-order valence-corrected chi connectivity index (χ2v) is 4.91. The fraction of sp³-hybridized carbons (Fsp3) is 0.0909. The van der Waals surface area contributed by atoms with E-state index < -0.39 is 5.82 Å². The van der Waals surface area contributed by atoms with Gasteiger partial charge in [0.25, 0.3) is 0 Å².